The Labute approximate surface area is 161 Å². The number of hydrogen-bond acceptors (Lipinski definition) is 4. The number of hydrogen-bond donors (Lipinski definition) is 1. The summed E-state index contributed by atoms with van der Waals surface area (Å²) >= 11 is 1.44. The van der Waals surface area contributed by atoms with Gasteiger partial charge in [-0.2, -0.15) is 0 Å². The smallest absolute Gasteiger partial charge is 0.191 e. The number of nitrogens with one attached hydrogen (secondary N) is 1. The van der Waals surface area contributed by atoms with Crippen molar-refractivity contribution in [1.82, 2.24) is 19.7 Å². The maximum atomic E-state index is 12.9. The van der Waals surface area contributed by atoms with Crippen LogP contribution in [-0.4, -0.2) is 31.3 Å². The van der Waals surface area contributed by atoms with E-state index in [9.17, 15) is 4.79 Å². The normalized spacial score (nSPS) is 11.2. The number of Topliss-reactive ketones (excluding diaryl/α,β-unsaturated/α-hetero) is 1. The van der Waals surface area contributed by atoms with Crippen LogP contribution in [0.3, 0.4) is 0 Å². The maximum Gasteiger partial charge on any atom is 0.191 e. The van der Waals surface area contributed by atoms with Gasteiger partial charge in [0.1, 0.15) is 5.82 Å². The molecule has 5 nitrogen and oxygen atoms in total. The zero-order chi connectivity index (χ0) is 18.8. The molecule has 0 aliphatic carbocycles. The van der Waals surface area contributed by atoms with Gasteiger partial charge in [0, 0.05) is 22.2 Å². The van der Waals surface area contributed by atoms with Gasteiger partial charge in [-0.05, 0) is 25.5 Å². The molecule has 0 aliphatic heterocycles. The fourth-order valence-corrected chi connectivity index (χ4v) is 4.11. The Bertz CT molecular complexity index is 1100. The Morgan fingerprint density at radius 1 is 1.04 bits per heavy atom. The lowest BCUT2D eigenvalue weighted by atomic mass is 10.1. The fraction of sp³-hybridized carbons (Fsp3) is 0.190. The van der Waals surface area contributed by atoms with E-state index in [1.807, 2.05) is 56.3 Å². The number of fused-ring (bicyclic) bond motifs is 1. The Hall–Kier alpha value is -2.86. The van der Waals surface area contributed by atoms with E-state index < -0.39 is 0 Å². The van der Waals surface area contributed by atoms with Crippen LogP contribution >= 0.6 is 11.8 Å². The summed E-state index contributed by atoms with van der Waals surface area (Å²) in [6.45, 7) is 4.58. The van der Waals surface area contributed by atoms with Gasteiger partial charge >= 0.3 is 0 Å². The molecule has 0 spiro atoms. The van der Waals surface area contributed by atoms with Crippen molar-refractivity contribution >= 4 is 28.4 Å². The summed E-state index contributed by atoms with van der Waals surface area (Å²) in [5.74, 6) is 1.27. The molecule has 0 saturated carbocycles. The first kappa shape index (κ1) is 17.5. The topological polar surface area (TPSA) is 63.6 Å². The van der Waals surface area contributed by atoms with Crippen molar-refractivity contribution in [1.29, 1.82) is 0 Å². The van der Waals surface area contributed by atoms with Crippen LogP contribution in [0.5, 0.6) is 0 Å². The lowest BCUT2D eigenvalue weighted by molar-refractivity contribution is 0.102. The minimum absolute atomic E-state index is 0.0989. The number of para-hydroxylation sites is 1. The highest BCUT2D eigenvalue weighted by molar-refractivity contribution is 7.99. The first-order chi connectivity index (χ1) is 13.1. The summed E-state index contributed by atoms with van der Waals surface area (Å²) in [6.07, 6.45) is 0. The standard InChI is InChI=1S/C21H20N4OS/c1-14-20(17-10-6-7-11-18(17)22-14)19(26)13-27-21-24-23-15(2)25(21)12-16-8-4-3-5-9-16/h3-11,22H,12-13H2,1-2H3. The predicted molar refractivity (Wildman–Crippen MR) is 108 cm³/mol. The van der Waals surface area contributed by atoms with E-state index in [-0.39, 0.29) is 5.78 Å². The minimum atomic E-state index is 0.0989. The van der Waals surface area contributed by atoms with Crippen molar-refractivity contribution in [3.63, 3.8) is 0 Å². The van der Waals surface area contributed by atoms with Crippen molar-refractivity contribution in [3.8, 4) is 0 Å². The number of H-pyrrole nitrogens is 1. The van der Waals surface area contributed by atoms with Gasteiger partial charge in [0.25, 0.3) is 0 Å². The zero-order valence-corrected chi connectivity index (χ0v) is 16.1. The Morgan fingerprint density at radius 3 is 2.59 bits per heavy atom. The van der Waals surface area contributed by atoms with E-state index in [0.717, 1.165) is 33.1 Å². The highest BCUT2D eigenvalue weighted by atomic mass is 32.2. The molecule has 2 heterocycles. The van der Waals surface area contributed by atoms with Crippen LogP contribution in [0.1, 0.15) is 27.4 Å². The monoisotopic (exact) mass is 376 g/mol. The average molecular weight is 376 g/mol. The molecule has 0 fully saturated rings. The molecule has 136 valence electrons. The third kappa shape index (κ3) is 3.53. The molecule has 27 heavy (non-hydrogen) atoms. The summed E-state index contributed by atoms with van der Waals surface area (Å²) < 4.78 is 2.05. The molecule has 0 bridgehead atoms. The van der Waals surface area contributed by atoms with Crippen molar-refractivity contribution in [2.75, 3.05) is 5.75 Å². The van der Waals surface area contributed by atoms with Gasteiger partial charge in [0.15, 0.2) is 10.9 Å². The van der Waals surface area contributed by atoms with E-state index in [1.54, 1.807) is 0 Å². The van der Waals surface area contributed by atoms with E-state index in [2.05, 4.69) is 31.9 Å². The summed E-state index contributed by atoms with van der Waals surface area (Å²) in [7, 11) is 0. The van der Waals surface area contributed by atoms with Crippen LogP contribution in [0.15, 0.2) is 59.8 Å². The van der Waals surface area contributed by atoms with Gasteiger partial charge in [-0.1, -0.05) is 60.3 Å². The number of aromatic amines is 1. The molecule has 0 amide bonds. The Kier molecular flexibility index (Phi) is 4.81. The highest BCUT2D eigenvalue weighted by Gasteiger charge is 2.18. The zero-order valence-electron chi connectivity index (χ0n) is 15.3. The van der Waals surface area contributed by atoms with Gasteiger partial charge in [-0.25, -0.2) is 0 Å². The number of carbonyl (C=O) groups excluding carboxylic acids is 1. The lowest BCUT2D eigenvalue weighted by Gasteiger charge is -2.08. The minimum Gasteiger partial charge on any atom is -0.358 e. The summed E-state index contributed by atoms with van der Waals surface area (Å²) in [5, 5.41) is 10.2. The van der Waals surface area contributed by atoms with Gasteiger partial charge in [0.05, 0.1) is 12.3 Å². The molecule has 0 unspecified atom stereocenters. The second-order valence-corrected chi connectivity index (χ2v) is 7.43. The lowest BCUT2D eigenvalue weighted by Crippen LogP contribution is -2.07. The first-order valence-electron chi connectivity index (χ1n) is 8.80. The molecule has 0 atom stereocenters. The van der Waals surface area contributed by atoms with Crippen LogP contribution in [0.2, 0.25) is 0 Å². The second-order valence-electron chi connectivity index (χ2n) is 6.48. The number of aryl methyl sites for hydroxylation is 2. The number of thioether (sulfide) groups is 1. The third-order valence-corrected chi connectivity index (χ3v) is 5.56. The molecule has 0 aliphatic rings. The fourth-order valence-electron chi connectivity index (χ4n) is 3.25. The quantitative estimate of drug-likeness (QED) is 0.400. The molecular formula is C21H20N4OS. The Balaban J connectivity index is 1.54. The van der Waals surface area contributed by atoms with E-state index in [4.69, 9.17) is 0 Å². The van der Waals surface area contributed by atoms with E-state index in [1.165, 1.54) is 17.3 Å². The number of aromatic nitrogens is 4. The molecule has 0 saturated heterocycles. The van der Waals surface area contributed by atoms with Crippen LogP contribution in [0.4, 0.5) is 0 Å². The van der Waals surface area contributed by atoms with Crippen LogP contribution in [0.25, 0.3) is 10.9 Å². The molecule has 6 heteroatoms. The highest BCUT2D eigenvalue weighted by Crippen LogP contribution is 2.25. The average Bonchev–Trinajstić information content (AvgIpc) is 3.20. The first-order valence-corrected chi connectivity index (χ1v) is 9.79. The molecule has 2 aromatic carbocycles. The van der Waals surface area contributed by atoms with E-state index >= 15 is 0 Å². The van der Waals surface area contributed by atoms with E-state index in [0.29, 0.717) is 12.3 Å². The SMILES string of the molecule is Cc1[nH]c2ccccc2c1C(=O)CSc1nnc(C)n1Cc1ccccc1. The van der Waals surface area contributed by atoms with Crippen molar-refractivity contribution < 1.29 is 4.79 Å². The van der Waals surface area contributed by atoms with Gasteiger partial charge in [-0.15, -0.1) is 10.2 Å². The van der Waals surface area contributed by atoms with Gasteiger partial charge in [-0.3, -0.25) is 4.79 Å². The predicted octanol–water partition coefficient (Wildman–Crippen LogP) is 4.40. The number of rotatable bonds is 6. The maximum absolute atomic E-state index is 12.9. The third-order valence-electron chi connectivity index (χ3n) is 4.59. The van der Waals surface area contributed by atoms with Crippen LogP contribution < -0.4 is 0 Å². The van der Waals surface area contributed by atoms with Crippen molar-refractivity contribution in [2.24, 2.45) is 0 Å². The van der Waals surface area contributed by atoms with Crippen molar-refractivity contribution in [3.05, 3.63) is 77.2 Å². The van der Waals surface area contributed by atoms with Gasteiger partial charge in [0.2, 0.25) is 0 Å². The van der Waals surface area contributed by atoms with Gasteiger partial charge < -0.3 is 9.55 Å². The molecular weight excluding hydrogens is 356 g/mol. The number of ketones is 1. The molecule has 4 aromatic rings. The van der Waals surface area contributed by atoms with Crippen LogP contribution in [0, 0.1) is 13.8 Å². The van der Waals surface area contributed by atoms with Crippen LogP contribution in [-0.2, 0) is 6.54 Å². The summed E-state index contributed by atoms with van der Waals surface area (Å²) in [6, 6.07) is 18.1. The number of nitrogens with zero attached hydrogens (tertiary/aromatic N) is 3. The second kappa shape index (κ2) is 7.40. The molecule has 4 rings (SSSR count). The molecule has 2 aromatic heterocycles. The Morgan fingerprint density at radius 2 is 1.78 bits per heavy atom. The number of carbonyl (C=O) groups is 1. The van der Waals surface area contributed by atoms with Crippen molar-refractivity contribution in [2.45, 2.75) is 25.5 Å². The molecule has 1 N–H and O–H groups in total. The summed E-state index contributed by atoms with van der Waals surface area (Å²) in [5.41, 5.74) is 3.85. The molecule has 0 radical (unpaired) electrons. The largest absolute Gasteiger partial charge is 0.358 e. The summed E-state index contributed by atoms with van der Waals surface area (Å²) in [4.78, 5) is 16.2. The number of benzene rings is 2.